The van der Waals surface area contributed by atoms with Gasteiger partial charge in [0.15, 0.2) is 0 Å². The van der Waals surface area contributed by atoms with Crippen molar-refractivity contribution in [1.29, 1.82) is 0 Å². The largest absolute Gasteiger partial charge is 0.338 e. The minimum absolute atomic E-state index is 0.866. The Kier molecular flexibility index (Phi) is 2.76. The van der Waals surface area contributed by atoms with Gasteiger partial charge in [-0.25, -0.2) is 4.98 Å². The highest BCUT2D eigenvalue weighted by atomic mass is 79.9. The van der Waals surface area contributed by atoms with Gasteiger partial charge in [0.25, 0.3) is 0 Å². The Balaban J connectivity index is 2.27. The van der Waals surface area contributed by atoms with Gasteiger partial charge in [0.05, 0.1) is 11.0 Å². The second-order valence-corrected chi connectivity index (χ2v) is 5.41. The molecule has 0 aliphatic heterocycles. The predicted molar refractivity (Wildman–Crippen MR) is 76.9 cm³/mol. The summed E-state index contributed by atoms with van der Waals surface area (Å²) >= 11 is 7.10. The molecule has 4 heteroatoms. The van der Waals surface area contributed by atoms with E-state index >= 15 is 0 Å². The number of halogens is 2. The van der Waals surface area contributed by atoms with E-state index in [0.717, 1.165) is 31.4 Å². The lowest BCUT2D eigenvalue weighted by molar-refractivity contribution is 1.32. The van der Waals surface area contributed by atoms with Crippen LogP contribution in [0.1, 0.15) is 0 Å². The molecule has 2 aromatic carbocycles. The Bertz CT molecular complexity index is 635. The molecule has 0 unspecified atom stereocenters. The molecule has 0 saturated heterocycles. The van der Waals surface area contributed by atoms with Crippen LogP contribution in [0.2, 0.25) is 0 Å². The van der Waals surface area contributed by atoms with Gasteiger partial charge in [-0.2, -0.15) is 0 Å². The van der Waals surface area contributed by atoms with Crippen molar-refractivity contribution in [1.82, 2.24) is 9.97 Å². The van der Waals surface area contributed by atoms with Crippen LogP contribution in [0.3, 0.4) is 0 Å². The van der Waals surface area contributed by atoms with Gasteiger partial charge in [-0.3, -0.25) is 0 Å². The van der Waals surface area contributed by atoms with Crippen molar-refractivity contribution >= 4 is 42.9 Å². The van der Waals surface area contributed by atoms with Gasteiger partial charge in [0.1, 0.15) is 5.82 Å². The molecule has 0 amide bonds. The number of hydrogen-bond acceptors (Lipinski definition) is 1. The number of imidazole rings is 1. The predicted octanol–water partition coefficient (Wildman–Crippen LogP) is 4.75. The van der Waals surface area contributed by atoms with Gasteiger partial charge in [-0.05, 0) is 56.1 Å². The molecule has 2 nitrogen and oxygen atoms in total. The lowest BCUT2D eigenvalue weighted by Crippen LogP contribution is -1.84. The molecule has 17 heavy (non-hydrogen) atoms. The maximum Gasteiger partial charge on any atom is 0.140 e. The zero-order valence-electron chi connectivity index (χ0n) is 8.74. The number of nitrogens with zero attached hydrogens (tertiary/aromatic N) is 1. The van der Waals surface area contributed by atoms with Gasteiger partial charge in [0, 0.05) is 14.5 Å². The summed E-state index contributed by atoms with van der Waals surface area (Å²) in [4.78, 5) is 7.91. The first-order valence-electron chi connectivity index (χ1n) is 5.15. The van der Waals surface area contributed by atoms with E-state index < -0.39 is 0 Å². The normalized spacial score (nSPS) is 10.9. The maximum atomic E-state index is 4.59. The van der Waals surface area contributed by atoms with Gasteiger partial charge < -0.3 is 4.98 Å². The molecule has 3 rings (SSSR count). The standard InChI is InChI=1S/C13H8Br2N2/c14-8-4-3-5-9(15)12(8)13-16-10-6-1-2-7-11(10)17-13/h1-7H,(H,16,17). The Labute approximate surface area is 115 Å². The molecule has 1 N–H and O–H groups in total. The minimum Gasteiger partial charge on any atom is -0.338 e. The monoisotopic (exact) mass is 350 g/mol. The minimum atomic E-state index is 0.866. The summed E-state index contributed by atoms with van der Waals surface area (Å²) in [6.45, 7) is 0. The molecule has 0 aliphatic carbocycles. The molecular weight excluding hydrogens is 344 g/mol. The van der Waals surface area contributed by atoms with E-state index in [9.17, 15) is 0 Å². The van der Waals surface area contributed by atoms with Crippen molar-refractivity contribution in [2.75, 3.05) is 0 Å². The summed E-state index contributed by atoms with van der Waals surface area (Å²) in [7, 11) is 0. The van der Waals surface area contributed by atoms with E-state index in [1.165, 1.54) is 0 Å². The van der Waals surface area contributed by atoms with Crippen molar-refractivity contribution in [2.45, 2.75) is 0 Å². The Morgan fingerprint density at radius 1 is 0.882 bits per heavy atom. The third-order valence-electron chi connectivity index (χ3n) is 2.59. The molecule has 3 aromatic rings. The van der Waals surface area contributed by atoms with Gasteiger partial charge in [-0.15, -0.1) is 0 Å². The van der Waals surface area contributed by atoms with Crippen LogP contribution >= 0.6 is 31.9 Å². The van der Waals surface area contributed by atoms with Crippen molar-refractivity contribution in [3.8, 4) is 11.4 Å². The van der Waals surface area contributed by atoms with Crippen molar-refractivity contribution in [3.05, 3.63) is 51.4 Å². The maximum absolute atomic E-state index is 4.59. The summed E-state index contributed by atoms with van der Waals surface area (Å²) in [5, 5.41) is 0. The molecule has 0 aliphatic rings. The summed E-state index contributed by atoms with van der Waals surface area (Å²) in [5.41, 5.74) is 3.07. The summed E-state index contributed by atoms with van der Waals surface area (Å²) in [6.07, 6.45) is 0. The molecule has 0 fully saturated rings. The number of benzene rings is 2. The van der Waals surface area contributed by atoms with Gasteiger partial charge in [-0.1, -0.05) is 18.2 Å². The number of fused-ring (bicyclic) bond motifs is 1. The van der Waals surface area contributed by atoms with Crippen LogP contribution in [0, 0.1) is 0 Å². The zero-order chi connectivity index (χ0) is 11.8. The first kappa shape index (κ1) is 11.0. The number of nitrogens with one attached hydrogen (secondary N) is 1. The summed E-state index contributed by atoms with van der Waals surface area (Å²) in [6, 6.07) is 14.0. The number of H-pyrrole nitrogens is 1. The van der Waals surface area contributed by atoms with Crippen LogP contribution in [0.25, 0.3) is 22.4 Å². The van der Waals surface area contributed by atoms with E-state index in [4.69, 9.17) is 0 Å². The smallest absolute Gasteiger partial charge is 0.140 e. The third kappa shape index (κ3) is 1.91. The molecular formula is C13H8Br2N2. The quantitative estimate of drug-likeness (QED) is 0.673. The van der Waals surface area contributed by atoms with Gasteiger partial charge in [0.2, 0.25) is 0 Å². The van der Waals surface area contributed by atoms with E-state index in [-0.39, 0.29) is 0 Å². The van der Waals surface area contributed by atoms with Gasteiger partial charge >= 0.3 is 0 Å². The molecule has 1 heterocycles. The topological polar surface area (TPSA) is 28.7 Å². The van der Waals surface area contributed by atoms with Crippen LogP contribution in [0.4, 0.5) is 0 Å². The number of aromatic amines is 1. The van der Waals surface area contributed by atoms with Crippen molar-refractivity contribution < 1.29 is 0 Å². The fourth-order valence-corrected chi connectivity index (χ4v) is 3.17. The second kappa shape index (κ2) is 4.27. The van der Waals surface area contributed by atoms with E-state index in [2.05, 4.69) is 41.8 Å². The van der Waals surface area contributed by atoms with Crippen LogP contribution in [0.15, 0.2) is 51.4 Å². The highest BCUT2D eigenvalue weighted by Crippen LogP contribution is 2.34. The number of hydrogen-bond donors (Lipinski definition) is 1. The van der Waals surface area contributed by atoms with E-state index in [1.807, 2.05) is 42.5 Å². The highest BCUT2D eigenvalue weighted by Gasteiger charge is 2.11. The first-order chi connectivity index (χ1) is 8.25. The molecule has 1 aromatic heterocycles. The van der Waals surface area contributed by atoms with Crippen molar-refractivity contribution in [3.63, 3.8) is 0 Å². The average molecular weight is 352 g/mol. The molecule has 0 atom stereocenters. The fourth-order valence-electron chi connectivity index (χ4n) is 1.80. The summed E-state index contributed by atoms with van der Waals surface area (Å²) < 4.78 is 2.04. The molecule has 0 saturated carbocycles. The van der Waals surface area contributed by atoms with Crippen LogP contribution < -0.4 is 0 Å². The molecule has 0 radical (unpaired) electrons. The molecule has 84 valence electrons. The third-order valence-corrected chi connectivity index (χ3v) is 3.91. The van der Waals surface area contributed by atoms with Crippen LogP contribution in [-0.4, -0.2) is 9.97 Å². The number of aromatic nitrogens is 2. The summed E-state index contributed by atoms with van der Waals surface area (Å²) in [5.74, 6) is 0.866. The Morgan fingerprint density at radius 2 is 1.59 bits per heavy atom. The Hall–Kier alpha value is -1.13. The second-order valence-electron chi connectivity index (χ2n) is 3.70. The van der Waals surface area contributed by atoms with Crippen LogP contribution in [0.5, 0.6) is 0 Å². The Morgan fingerprint density at radius 3 is 2.29 bits per heavy atom. The SMILES string of the molecule is Brc1cccc(Br)c1-c1nc2ccccc2[nH]1. The van der Waals surface area contributed by atoms with E-state index in [0.29, 0.717) is 0 Å². The van der Waals surface area contributed by atoms with Crippen molar-refractivity contribution in [2.24, 2.45) is 0 Å². The lowest BCUT2D eigenvalue weighted by Gasteiger charge is -2.03. The zero-order valence-corrected chi connectivity index (χ0v) is 11.9. The fraction of sp³-hybridized carbons (Fsp3) is 0. The van der Waals surface area contributed by atoms with E-state index in [1.54, 1.807) is 0 Å². The lowest BCUT2D eigenvalue weighted by atomic mass is 10.2. The van der Waals surface area contributed by atoms with Crippen LogP contribution in [-0.2, 0) is 0 Å². The highest BCUT2D eigenvalue weighted by molar-refractivity contribution is 9.11. The average Bonchev–Trinajstić information content (AvgIpc) is 2.71. The number of para-hydroxylation sites is 2. The first-order valence-corrected chi connectivity index (χ1v) is 6.73. The number of rotatable bonds is 1. The molecule has 0 spiro atoms. The molecule has 0 bridgehead atoms.